The lowest BCUT2D eigenvalue weighted by Gasteiger charge is -2.05. The summed E-state index contributed by atoms with van der Waals surface area (Å²) in [4.78, 5) is 14.8. The number of carbonyl (C=O) groups excluding carboxylic acids is 1. The number of aromatic amines is 1. The lowest BCUT2D eigenvalue weighted by atomic mass is 10.2. The highest BCUT2D eigenvalue weighted by atomic mass is 16.1. The van der Waals surface area contributed by atoms with Gasteiger partial charge in [0.15, 0.2) is 0 Å². The molecule has 0 fully saturated rings. The Morgan fingerprint density at radius 3 is 3.00 bits per heavy atom. The van der Waals surface area contributed by atoms with E-state index in [2.05, 4.69) is 10.3 Å². The van der Waals surface area contributed by atoms with E-state index in [4.69, 9.17) is 5.73 Å². The van der Waals surface area contributed by atoms with Crippen LogP contribution in [0.2, 0.25) is 0 Å². The molecule has 17 heavy (non-hydrogen) atoms. The summed E-state index contributed by atoms with van der Waals surface area (Å²) in [5.74, 6) is 0.00653. The van der Waals surface area contributed by atoms with Gasteiger partial charge < -0.3 is 16.0 Å². The number of nitrogens with two attached hydrogens (primary N) is 1. The zero-order valence-corrected chi connectivity index (χ0v) is 9.86. The SMILES string of the molecule is CC(N)CCC(=O)Nc1c[nH]c2ccccc12. The van der Waals surface area contributed by atoms with Crippen molar-refractivity contribution in [2.75, 3.05) is 5.32 Å². The summed E-state index contributed by atoms with van der Waals surface area (Å²) in [6.45, 7) is 1.90. The van der Waals surface area contributed by atoms with E-state index in [1.807, 2.05) is 37.4 Å². The minimum Gasteiger partial charge on any atom is -0.359 e. The molecular formula is C13H17N3O. The summed E-state index contributed by atoms with van der Waals surface area (Å²) in [5.41, 5.74) is 7.47. The molecule has 2 aromatic rings. The number of H-pyrrole nitrogens is 1. The zero-order chi connectivity index (χ0) is 12.3. The number of nitrogens with one attached hydrogen (secondary N) is 2. The van der Waals surface area contributed by atoms with Crippen LogP contribution in [0, 0.1) is 0 Å². The standard InChI is InChI=1S/C13H17N3O/c1-9(14)6-7-13(17)16-12-8-15-11-5-3-2-4-10(11)12/h2-5,8-9,15H,6-7,14H2,1H3,(H,16,17). The number of rotatable bonds is 4. The number of amides is 1. The molecule has 4 N–H and O–H groups in total. The van der Waals surface area contributed by atoms with E-state index in [0.29, 0.717) is 12.8 Å². The van der Waals surface area contributed by atoms with Crippen LogP contribution in [-0.2, 0) is 4.79 Å². The molecule has 4 nitrogen and oxygen atoms in total. The number of benzene rings is 1. The lowest BCUT2D eigenvalue weighted by molar-refractivity contribution is -0.116. The third kappa shape index (κ3) is 2.85. The Bertz CT molecular complexity index is 516. The Hall–Kier alpha value is -1.81. The van der Waals surface area contributed by atoms with Gasteiger partial charge in [0.05, 0.1) is 5.69 Å². The van der Waals surface area contributed by atoms with Crippen LogP contribution in [0.5, 0.6) is 0 Å². The van der Waals surface area contributed by atoms with Gasteiger partial charge in [-0.1, -0.05) is 18.2 Å². The Morgan fingerprint density at radius 1 is 1.47 bits per heavy atom. The van der Waals surface area contributed by atoms with E-state index in [0.717, 1.165) is 16.6 Å². The van der Waals surface area contributed by atoms with Gasteiger partial charge in [-0.05, 0) is 19.4 Å². The third-order valence-corrected chi connectivity index (χ3v) is 2.69. The van der Waals surface area contributed by atoms with Gasteiger partial charge in [-0.25, -0.2) is 0 Å². The molecule has 1 heterocycles. The highest BCUT2D eigenvalue weighted by molar-refractivity contribution is 6.01. The van der Waals surface area contributed by atoms with E-state index in [-0.39, 0.29) is 11.9 Å². The quantitative estimate of drug-likeness (QED) is 0.755. The van der Waals surface area contributed by atoms with E-state index in [9.17, 15) is 4.79 Å². The average Bonchev–Trinajstić information content (AvgIpc) is 2.70. The largest absolute Gasteiger partial charge is 0.359 e. The smallest absolute Gasteiger partial charge is 0.224 e. The number of hydrogen-bond donors (Lipinski definition) is 3. The Kier molecular flexibility index (Phi) is 3.44. The summed E-state index contributed by atoms with van der Waals surface area (Å²) in [6, 6.07) is 7.93. The molecule has 1 aromatic heterocycles. The fraction of sp³-hybridized carbons (Fsp3) is 0.308. The fourth-order valence-electron chi connectivity index (χ4n) is 1.75. The fourth-order valence-corrected chi connectivity index (χ4v) is 1.75. The van der Waals surface area contributed by atoms with Crippen molar-refractivity contribution in [2.45, 2.75) is 25.8 Å². The number of carbonyl (C=O) groups is 1. The predicted molar refractivity (Wildman–Crippen MR) is 69.8 cm³/mol. The molecule has 1 amide bonds. The van der Waals surface area contributed by atoms with Gasteiger partial charge in [0.1, 0.15) is 0 Å². The summed E-state index contributed by atoms with van der Waals surface area (Å²) in [5, 5.41) is 3.92. The zero-order valence-electron chi connectivity index (χ0n) is 9.86. The molecule has 1 unspecified atom stereocenters. The van der Waals surface area contributed by atoms with Crippen molar-refractivity contribution in [3.8, 4) is 0 Å². The second-order valence-corrected chi connectivity index (χ2v) is 4.31. The van der Waals surface area contributed by atoms with Crippen LogP contribution in [0.3, 0.4) is 0 Å². The first kappa shape index (κ1) is 11.7. The normalized spacial score (nSPS) is 12.6. The van der Waals surface area contributed by atoms with E-state index in [1.54, 1.807) is 0 Å². The molecule has 0 bridgehead atoms. The van der Waals surface area contributed by atoms with Crippen molar-refractivity contribution in [1.29, 1.82) is 0 Å². The van der Waals surface area contributed by atoms with Crippen molar-refractivity contribution in [3.05, 3.63) is 30.5 Å². The summed E-state index contributed by atoms with van der Waals surface area (Å²) >= 11 is 0. The minimum atomic E-state index is 0.00653. The van der Waals surface area contributed by atoms with E-state index in [1.165, 1.54) is 0 Å². The van der Waals surface area contributed by atoms with Crippen LogP contribution in [0.15, 0.2) is 30.5 Å². The maximum atomic E-state index is 11.7. The van der Waals surface area contributed by atoms with Gasteiger partial charge in [0.25, 0.3) is 0 Å². The molecule has 0 radical (unpaired) electrons. The molecule has 0 aliphatic carbocycles. The summed E-state index contributed by atoms with van der Waals surface area (Å²) in [6.07, 6.45) is 2.97. The first-order chi connectivity index (χ1) is 8.16. The van der Waals surface area contributed by atoms with Crippen LogP contribution >= 0.6 is 0 Å². The Labute approximate surface area is 100 Å². The van der Waals surface area contributed by atoms with Gasteiger partial charge >= 0.3 is 0 Å². The van der Waals surface area contributed by atoms with Crippen molar-refractivity contribution in [2.24, 2.45) is 5.73 Å². The predicted octanol–water partition coefficient (Wildman–Crippen LogP) is 2.23. The first-order valence-corrected chi connectivity index (χ1v) is 5.78. The molecule has 90 valence electrons. The van der Waals surface area contributed by atoms with Crippen LogP contribution in [0.1, 0.15) is 19.8 Å². The highest BCUT2D eigenvalue weighted by Gasteiger charge is 2.07. The molecule has 4 heteroatoms. The molecule has 0 saturated heterocycles. The van der Waals surface area contributed by atoms with Gasteiger partial charge in [-0.3, -0.25) is 4.79 Å². The van der Waals surface area contributed by atoms with Crippen LogP contribution < -0.4 is 11.1 Å². The van der Waals surface area contributed by atoms with Gasteiger partial charge in [0.2, 0.25) is 5.91 Å². The topological polar surface area (TPSA) is 70.9 Å². The molecule has 1 aromatic carbocycles. The summed E-state index contributed by atoms with van der Waals surface area (Å²) in [7, 11) is 0. The van der Waals surface area contributed by atoms with Gasteiger partial charge in [-0.2, -0.15) is 0 Å². The average molecular weight is 231 g/mol. The highest BCUT2D eigenvalue weighted by Crippen LogP contribution is 2.22. The maximum Gasteiger partial charge on any atom is 0.224 e. The lowest BCUT2D eigenvalue weighted by Crippen LogP contribution is -2.19. The number of fused-ring (bicyclic) bond motifs is 1. The molecule has 0 spiro atoms. The third-order valence-electron chi connectivity index (χ3n) is 2.69. The molecule has 2 rings (SSSR count). The van der Waals surface area contributed by atoms with Crippen molar-refractivity contribution >= 4 is 22.5 Å². The van der Waals surface area contributed by atoms with Crippen molar-refractivity contribution in [1.82, 2.24) is 4.98 Å². The maximum absolute atomic E-state index is 11.7. The van der Waals surface area contributed by atoms with Crippen molar-refractivity contribution in [3.63, 3.8) is 0 Å². The van der Waals surface area contributed by atoms with Crippen LogP contribution in [-0.4, -0.2) is 16.9 Å². The monoisotopic (exact) mass is 231 g/mol. The first-order valence-electron chi connectivity index (χ1n) is 5.78. The molecular weight excluding hydrogens is 214 g/mol. The van der Waals surface area contributed by atoms with E-state index < -0.39 is 0 Å². The number of anilines is 1. The van der Waals surface area contributed by atoms with Crippen LogP contribution in [0.4, 0.5) is 5.69 Å². The number of hydrogen-bond acceptors (Lipinski definition) is 2. The molecule has 1 atom stereocenters. The van der Waals surface area contributed by atoms with Gasteiger partial charge in [-0.15, -0.1) is 0 Å². The second kappa shape index (κ2) is 5.01. The van der Waals surface area contributed by atoms with Crippen molar-refractivity contribution < 1.29 is 4.79 Å². The molecule has 0 saturated carbocycles. The Morgan fingerprint density at radius 2 is 2.24 bits per heavy atom. The number of aromatic nitrogens is 1. The van der Waals surface area contributed by atoms with Gasteiger partial charge in [0, 0.05) is 29.6 Å². The Balaban J connectivity index is 2.06. The molecule has 0 aliphatic heterocycles. The van der Waals surface area contributed by atoms with E-state index >= 15 is 0 Å². The minimum absolute atomic E-state index is 0.00653. The van der Waals surface area contributed by atoms with Crippen LogP contribution in [0.25, 0.3) is 10.9 Å². The number of para-hydroxylation sites is 1. The second-order valence-electron chi connectivity index (χ2n) is 4.31. The summed E-state index contributed by atoms with van der Waals surface area (Å²) < 4.78 is 0. The molecule has 0 aliphatic rings.